The zero-order valence-corrected chi connectivity index (χ0v) is 20.8. The summed E-state index contributed by atoms with van der Waals surface area (Å²) >= 11 is 0. The number of ether oxygens (including phenoxy) is 2. The Bertz CT molecular complexity index is 679. The van der Waals surface area contributed by atoms with E-state index in [-0.39, 0.29) is 17.9 Å². The number of β-amino-alcohol motifs (C(OH)–C–C–N with tert-alkyl or cyclic N) is 1. The van der Waals surface area contributed by atoms with Gasteiger partial charge in [0.15, 0.2) is 0 Å². The van der Waals surface area contributed by atoms with Gasteiger partial charge in [-0.25, -0.2) is 0 Å². The molecule has 3 atom stereocenters. The highest BCUT2D eigenvalue weighted by molar-refractivity contribution is 5.96. The first-order valence-electron chi connectivity index (χ1n) is 12.6. The summed E-state index contributed by atoms with van der Waals surface area (Å²) in [6.07, 6.45) is 5.58. The first-order chi connectivity index (χ1) is 15.9. The maximum absolute atomic E-state index is 12.9. The van der Waals surface area contributed by atoms with Gasteiger partial charge in [0.25, 0.3) is 5.91 Å². The highest BCUT2D eigenvalue weighted by atomic mass is 16.5. The third-order valence-electron chi connectivity index (χ3n) is 6.56. The van der Waals surface area contributed by atoms with Crippen LogP contribution in [-0.2, 0) is 4.74 Å². The third kappa shape index (κ3) is 10.0. The first-order valence-corrected chi connectivity index (χ1v) is 12.6. The lowest BCUT2D eigenvalue weighted by molar-refractivity contribution is 0.0716. The summed E-state index contributed by atoms with van der Waals surface area (Å²) in [5.41, 5.74) is 6.93. The first kappa shape index (κ1) is 27.6. The van der Waals surface area contributed by atoms with E-state index in [9.17, 15) is 9.90 Å². The monoisotopic (exact) mass is 463 g/mol. The van der Waals surface area contributed by atoms with Gasteiger partial charge in [0.05, 0.1) is 18.3 Å². The van der Waals surface area contributed by atoms with Gasteiger partial charge in [0.2, 0.25) is 0 Å². The van der Waals surface area contributed by atoms with Crippen molar-refractivity contribution in [1.82, 2.24) is 10.2 Å². The number of benzene rings is 1. The third-order valence-corrected chi connectivity index (χ3v) is 6.56. The maximum Gasteiger partial charge on any atom is 0.255 e. The number of piperidine rings is 1. The number of nitrogens with one attached hydrogen (secondary N) is 1. The predicted molar refractivity (Wildman–Crippen MR) is 133 cm³/mol. The highest BCUT2D eigenvalue weighted by Crippen LogP contribution is 2.21. The number of aliphatic hydroxyl groups is 1. The lowest BCUT2D eigenvalue weighted by atomic mass is 9.87. The van der Waals surface area contributed by atoms with E-state index in [1.807, 2.05) is 18.2 Å². The predicted octanol–water partition coefficient (Wildman–Crippen LogP) is 3.06. The van der Waals surface area contributed by atoms with Crippen LogP contribution in [0, 0.1) is 11.8 Å². The summed E-state index contributed by atoms with van der Waals surface area (Å²) < 4.78 is 10.9. The molecule has 7 nitrogen and oxygen atoms in total. The molecule has 4 N–H and O–H groups in total. The van der Waals surface area contributed by atoms with Crippen molar-refractivity contribution < 1.29 is 19.4 Å². The van der Waals surface area contributed by atoms with Crippen LogP contribution in [0.2, 0.25) is 0 Å². The van der Waals surface area contributed by atoms with E-state index in [0.717, 1.165) is 25.9 Å². The Kier molecular flexibility index (Phi) is 12.8. The number of carbonyl (C=O) groups is 1. The van der Waals surface area contributed by atoms with Crippen LogP contribution >= 0.6 is 0 Å². The average molecular weight is 464 g/mol. The average Bonchev–Trinajstić information content (AvgIpc) is 2.82. The van der Waals surface area contributed by atoms with E-state index < -0.39 is 6.10 Å². The number of amides is 1. The Balaban J connectivity index is 1.85. The molecule has 1 saturated heterocycles. The number of methoxy groups -OCH3 is 1. The topological polar surface area (TPSA) is 97.0 Å². The molecular formula is C26H45N3O4. The van der Waals surface area contributed by atoms with Crippen LogP contribution in [0.25, 0.3) is 0 Å². The summed E-state index contributed by atoms with van der Waals surface area (Å²) in [4.78, 5) is 15.2. The van der Waals surface area contributed by atoms with Crippen molar-refractivity contribution in [2.75, 3.05) is 46.5 Å². The standard InChI is InChI=1S/C26H45N3O4/c1-20(2)21(17-23(27)24(30)19-29-13-7-4-8-14-29)18-28-26(31)22-11-5-6-12-25(22)33-16-10-9-15-32-3/h5-6,11-12,20-21,23-24,30H,4,7-10,13-19,27H2,1-3H3,(H,28,31)/t21-,23+,24+/m1/s1. The van der Waals surface area contributed by atoms with Gasteiger partial charge in [0, 0.05) is 32.8 Å². The second kappa shape index (κ2) is 15.3. The number of likely N-dealkylation sites (tertiary alicyclic amines) is 1. The number of hydrogen-bond donors (Lipinski definition) is 3. The number of hydrogen-bond acceptors (Lipinski definition) is 6. The van der Waals surface area contributed by atoms with E-state index in [1.165, 1.54) is 19.3 Å². The van der Waals surface area contributed by atoms with Crippen molar-refractivity contribution >= 4 is 5.91 Å². The van der Waals surface area contributed by atoms with Crippen LogP contribution in [-0.4, -0.2) is 74.6 Å². The van der Waals surface area contributed by atoms with Gasteiger partial charge in [-0.1, -0.05) is 32.4 Å². The normalized spacial score (nSPS) is 17.5. The van der Waals surface area contributed by atoms with E-state index in [0.29, 0.717) is 50.0 Å². The van der Waals surface area contributed by atoms with Crippen molar-refractivity contribution in [3.8, 4) is 5.75 Å². The Hall–Kier alpha value is -1.67. The number of rotatable bonds is 15. The molecular weight excluding hydrogens is 418 g/mol. The number of carbonyl (C=O) groups excluding carboxylic acids is 1. The Morgan fingerprint density at radius 3 is 2.55 bits per heavy atom. The lowest BCUT2D eigenvalue weighted by Gasteiger charge is -2.32. The SMILES string of the molecule is COCCCCOc1ccccc1C(=O)NC[C@@H](C[C@H](N)[C@@H](O)CN1CCCCC1)C(C)C. The molecule has 1 amide bonds. The molecule has 0 radical (unpaired) electrons. The zero-order valence-electron chi connectivity index (χ0n) is 20.8. The fourth-order valence-electron chi connectivity index (χ4n) is 4.27. The molecule has 0 unspecified atom stereocenters. The molecule has 0 saturated carbocycles. The molecule has 0 aliphatic carbocycles. The summed E-state index contributed by atoms with van der Waals surface area (Å²) in [7, 11) is 1.69. The smallest absolute Gasteiger partial charge is 0.255 e. The molecule has 33 heavy (non-hydrogen) atoms. The van der Waals surface area contributed by atoms with Crippen molar-refractivity contribution in [2.24, 2.45) is 17.6 Å². The lowest BCUT2D eigenvalue weighted by Crippen LogP contribution is -2.47. The van der Waals surface area contributed by atoms with E-state index in [2.05, 4.69) is 24.1 Å². The fraction of sp³-hybridized carbons (Fsp3) is 0.731. The molecule has 0 aromatic heterocycles. The molecule has 188 valence electrons. The summed E-state index contributed by atoms with van der Waals surface area (Å²) in [5.74, 6) is 0.977. The summed E-state index contributed by atoms with van der Waals surface area (Å²) in [6, 6.07) is 7.04. The molecule has 0 spiro atoms. The summed E-state index contributed by atoms with van der Waals surface area (Å²) in [5, 5.41) is 13.7. The molecule has 0 bridgehead atoms. The van der Waals surface area contributed by atoms with Crippen molar-refractivity contribution in [2.45, 2.75) is 64.5 Å². The van der Waals surface area contributed by atoms with Gasteiger partial charge in [0.1, 0.15) is 5.75 Å². The van der Waals surface area contributed by atoms with E-state index in [4.69, 9.17) is 15.2 Å². The van der Waals surface area contributed by atoms with Gasteiger partial charge in [-0.3, -0.25) is 4.79 Å². The van der Waals surface area contributed by atoms with Crippen molar-refractivity contribution in [3.05, 3.63) is 29.8 Å². The van der Waals surface area contributed by atoms with Crippen LogP contribution in [0.4, 0.5) is 0 Å². The molecule has 1 aromatic rings. The fourth-order valence-corrected chi connectivity index (χ4v) is 4.27. The van der Waals surface area contributed by atoms with Crippen LogP contribution in [0.15, 0.2) is 24.3 Å². The minimum absolute atomic E-state index is 0.143. The Labute approximate surface area is 200 Å². The Morgan fingerprint density at radius 2 is 1.85 bits per heavy atom. The molecule has 1 aliphatic rings. The molecule has 1 aliphatic heterocycles. The quantitative estimate of drug-likeness (QED) is 0.346. The number of aliphatic hydroxyl groups excluding tert-OH is 1. The Morgan fingerprint density at radius 1 is 1.15 bits per heavy atom. The van der Waals surface area contributed by atoms with Gasteiger partial charge in [-0.15, -0.1) is 0 Å². The van der Waals surface area contributed by atoms with Crippen LogP contribution in [0.5, 0.6) is 5.75 Å². The van der Waals surface area contributed by atoms with Crippen LogP contribution in [0.1, 0.15) is 62.7 Å². The molecule has 1 heterocycles. The van der Waals surface area contributed by atoms with Crippen LogP contribution in [0.3, 0.4) is 0 Å². The van der Waals surface area contributed by atoms with Gasteiger partial charge < -0.3 is 30.5 Å². The van der Waals surface area contributed by atoms with Crippen molar-refractivity contribution in [3.63, 3.8) is 0 Å². The minimum Gasteiger partial charge on any atom is -0.493 e. The number of nitrogens with two attached hydrogens (primary N) is 1. The zero-order chi connectivity index (χ0) is 24.1. The number of nitrogens with zero attached hydrogens (tertiary/aromatic N) is 1. The van der Waals surface area contributed by atoms with E-state index in [1.54, 1.807) is 13.2 Å². The molecule has 1 fully saturated rings. The molecule has 1 aromatic carbocycles. The van der Waals surface area contributed by atoms with Gasteiger partial charge in [-0.05, 0) is 69.2 Å². The second-order valence-corrected chi connectivity index (χ2v) is 9.59. The highest BCUT2D eigenvalue weighted by Gasteiger charge is 2.25. The van der Waals surface area contributed by atoms with E-state index >= 15 is 0 Å². The van der Waals surface area contributed by atoms with Gasteiger partial charge in [-0.2, -0.15) is 0 Å². The largest absolute Gasteiger partial charge is 0.493 e. The molecule has 7 heteroatoms. The van der Waals surface area contributed by atoms with Gasteiger partial charge >= 0.3 is 0 Å². The maximum atomic E-state index is 12.9. The van der Waals surface area contributed by atoms with Crippen LogP contribution < -0.4 is 15.8 Å². The minimum atomic E-state index is -0.549. The number of para-hydroxylation sites is 1. The molecule has 2 rings (SSSR count). The number of unbranched alkanes of at least 4 members (excludes halogenated alkanes) is 1. The summed E-state index contributed by atoms with van der Waals surface area (Å²) in [6.45, 7) is 8.76. The second-order valence-electron chi connectivity index (χ2n) is 9.59. The van der Waals surface area contributed by atoms with Crippen molar-refractivity contribution in [1.29, 1.82) is 0 Å².